The highest BCUT2D eigenvalue weighted by Gasteiger charge is 2.41. The summed E-state index contributed by atoms with van der Waals surface area (Å²) in [6.45, 7) is 8.33. The Morgan fingerprint density at radius 1 is 1.08 bits per heavy atom. The van der Waals surface area contributed by atoms with Crippen LogP contribution in [-0.2, 0) is 10.4 Å². The van der Waals surface area contributed by atoms with Gasteiger partial charge < -0.3 is 19.7 Å². The van der Waals surface area contributed by atoms with Gasteiger partial charge in [-0.05, 0) is 45.0 Å². The fraction of sp³-hybridized carbons (Fsp3) is 0.381. The van der Waals surface area contributed by atoms with Crippen molar-refractivity contribution in [3.63, 3.8) is 0 Å². The van der Waals surface area contributed by atoms with Crippen LogP contribution in [0.3, 0.4) is 0 Å². The Morgan fingerprint density at radius 3 is 2.65 bits per heavy atom. The monoisotopic (exact) mass is 354 g/mol. The maximum Gasteiger partial charge on any atom is 0.258 e. The van der Waals surface area contributed by atoms with E-state index in [0.717, 1.165) is 17.0 Å². The molecule has 0 saturated carbocycles. The Bertz CT molecular complexity index is 777. The van der Waals surface area contributed by atoms with E-state index in [0.29, 0.717) is 31.9 Å². The van der Waals surface area contributed by atoms with Crippen LogP contribution in [0.4, 0.5) is 5.69 Å². The summed E-state index contributed by atoms with van der Waals surface area (Å²) in [4.78, 5) is 14.9. The van der Waals surface area contributed by atoms with Gasteiger partial charge in [-0.1, -0.05) is 24.3 Å². The number of rotatable bonds is 7. The van der Waals surface area contributed by atoms with E-state index < -0.39 is 5.66 Å². The van der Waals surface area contributed by atoms with Crippen molar-refractivity contribution in [3.05, 3.63) is 59.7 Å². The van der Waals surface area contributed by atoms with Crippen molar-refractivity contribution in [3.8, 4) is 5.75 Å². The summed E-state index contributed by atoms with van der Waals surface area (Å²) in [6, 6.07) is 15.5. The number of nitrogens with zero attached hydrogens (tertiary/aromatic N) is 1. The Balaban J connectivity index is 1.90. The van der Waals surface area contributed by atoms with Crippen LogP contribution < -0.4 is 10.1 Å². The number of benzene rings is 2. The van der Waals surface area contributed by atoms with Crippen LogP contribution in [0, 0.1) is 0 Å². The molecule has 2 aromatic rings. The van der Waals surface area contributed by atoms with E-state index in [-0.39, 0.29) is 5.91 Å². The van der Waals surface area contributed by atoms with Gasteiger partial charge >= 0.3 is 0 Å². The fourth-order valence-electron chi connectivity index (χ4n) is 3.40. The molecule has 1 aliphatic heterocycles. The molecule has 1 atom stereocenters. The highest BCUT2D eigenvalue weighted by atomic mass is 16.5. The van der Waals surface area contributed by atoms with Gasteiger partial charge in [0.05, 0.1) is 12.2 Å². The summed E-state index contributed by atoms with van der Waals surface area (Å²) in [5, 5.41) is 3.55. The van der Waals surface area contributed by atoms with Crippen molar-refractivity contribution in [2.75, 3.05) is 31.7 Å². The van der Waals surface area contributed by atoms with Gasteiger partial charge in [-0.3, -0.25) is 4.79 Å². The lowest BCUT2D eigenvalue weighted by Crippen LogP contribution is -2.55. The molecule has 138 valence electrons. The first-order valence-corrected chi connectivity index (χ1v) is 9.10. The third kappa shape index (κ3) is 3.40. The lowest BCUT2D eigenvalue weighted by atomic mass is 9.93. The van der Waals surface area contributed by atoms with Crippen molar-refractivity contribution in [2.45, 2.75) is 26.4 Å². The number of fused-ring (bicyclic) bond motifs is 1. The molecule has 1 unspecified atom stereocenters. The van der Waals surface area contributed by atoms with Gasteiger partial charge in [0, 0.05) is 24.4 Å². The molecule has 0 bridgehead atoms. The van der Waals surface area contributed by atoms with Crippen LogP contribution in [0.1, 0.15) is 36.7 Å². The zero-order chi connectivity index (χ0) is 18.6. The van der Waals surface area contributed by atoms with Crippen LogP contribution in [0.5, 0.6) is 5.75 Å². The highest BCUT2D eigenvalue weighted by Crippen LogP contribution is 2.38. The number of hydrogen-bond donors (Lipinski definition) is 1. The number of hydrogen-bond acceptors (Lipinski definition) is 4. The topological polar surface area (TPSA) is 50.8 Å². The molecule has 5 nitrogen and oxygen atoms in total. The van der Waals surface area contributed by atoms with Crippen molar-refractivity contribution in [2.24, 2.45) is 0 Å². The Morgan fingerprint density at radius 2 is 1.88 bits per heavy atom. The molecule has 1 N–H and O–H groups in total. The van der Waals surface area contributed by atoms with E-state index in [1.807, 2.05) is 74.2 Å². The second kappa shape index (κ2) is 7.79. The Hall–Kier alpha value is -2.53. The summed E-state index contributed by atoms with van der Waals surface area (Å²) in [5.41, 5.74) is 1.90. The standard InChI is InChI=1S/C21H26N2O3/c1-4-23-20(24)18-11-6-7-12-19(18)22-21(23,3)16-9-8-10-17(15-16)26-14-13-25-5-2/h6-12,15,22H,4-5,13-14H2,1-3H3. The van der Waals surface area contributed by atoms with Gasteiger partial charge in [-0.2, -0.15) is 0 Å². The molecule has 0 saturated heterocycles. The van der Waals surface area contributed by atoms with Gasteiger partial charge in [0.2, 0.25) is 0 Å². The summed E-state index contributed by atoms with van der Waals surface area (Å²) < 4.78 is 11.1. The van der Waals surface area contributed by atoms with Gasteiger partial charge in [0.15, 0.2) is 0 Å². The SMILES string of the molecule is CCOCCOc1cccc(C2(C)Nc3ccccc3C(=O)N2CC)c1. The molecule has 2 aromatic carbocycles. The minimum Gasteiger partial charge on any atom is -0.491 e. The lowest BCUT2D eigenvalue weighted by Gasteiger charge is -2.46. The molecule has 0 aliphatic carbocycles. The lowest BCUT2D eigenvalue weighted by molar-refractivity contribution is 0.0552. The number of nitrogens with one attached hydrogen (secondary N) is 1. The van der Waals surface area contributed by atoms with Crippen LogP contribution in [0.15, 0.2) is 48.5 Å². The van der Waals surface area contributed by atoms with Crippen molar-refractivity contribution < 1.29 is 14.3 Å². The minimum absolute atomic E-state index is 0.0343. The van der Waals surface area contributed by atoms with Crippen molar-refractivity contribution >= 4 is 11.6 Å². The number of anilines is 1. The third-order valence-corrected chi connectivity index (χ3v) is 4.73. The molecule has 1 amide bonds. The number of para-hydroxylation sites is 1. The first-order chi connectivity index (χ1) is 12.6. The van der Waals surface area contributed by atoms with E-state index in [9.17, 15) is 4.79 Å². The van der Waals surface area contributed by atoms with Gasteiger partial charge in [-0.15, -0.1) is 0 Å². The Kier molecular flexibility index (Phi) is 5.47. The zero-order valence-corrected chi connectivity index (χ0v) is 15.6. The molecule has 0 aromatic heterocycles. The molecule has 1 aliphatic rings. The Labute approximate surface area is 154 Å². The normalized spacial score (nSPS) is 19.0. The van der Waals surface area contributed by atoms with Crippen LogP contribution in [0.2, 0.25) is 0 Å². The molecule has 0 fully saturated rings. The second-order valence-corrected chi connectivity index (χ2v) is 6.37. The van der Waals surface area contributed by atoms with Crippen LogP contribution in [-0.4, -0.2) is 37.2 Å². The quantitative estimate of drug-likeness (QED) is 0.767. The number of ether oxygens (including phenoxy) is 2. The first-order valence-electron chi connectivity index (χ1n) is 9.10. The van der Waals surface area contributed by atoms with E-state index in [1.165, 1.54) is 0 Å². The third-order valence-electron chi connectivity index (χ3n) is 4.73. The largest absolute Gasteiger partial charge is 0.491 e. The van der Waals surface area contributed by atoms with Crippen LogP contribution in [0.25, 0.3) is 0 Å². The zero-order valence-electron chi connectivity index (χ0n) is 15.6. The number of carbonyl (C=O) groups excluding carboxylic acids is 1. The number of amides is 1. The van der Waals surface area contributed by atoms with Crippen molar-refractivity contribution in [1.29, 1.82) is 0 Å². The summed E-state index contributed by atoms with van der Waals surface area (Å²) in [7, 11) is 0. The minimum atomic E-state index is -0.639. The summed E-state index contributed by atoms with van der Waals surface area (Å²) >= 11 is 0. The van der Waals surface area contributed by atoms with Crippen LogP contribution >= 0.6 is 0 Å². The molecular formula is C21H26N2O3. The molecular weight excluding hydrogens is 328 g/mol. The molecule has 0 spiro atoms. The maximum absolute atomic E-state index is 13.0. The molecule has 3 rings (SSSR count). The summed E-state index contributed by atoms with van der Waals surface area (Å²) in [6.07, 6.45) is 0. The fourth-order valence-corrected chi connectivity index (χ4v) is 3.40. The van der Waals surface area contributed by atoms with Gasteiger partial charge in [-0.25, -0.2) is 0 Å². The van der Waals surface area contributed by atoms with E-state index in [2.05, 4.69) is 5.32 Å². The average Bonchev–Trinajstić information content (AvgIpc) is 2.66. The maximum atomic E-state index is 13.0. The van der Waals surface area contributed by atoms with E-state index in [1.54, 1.807) is 0 Å². The predicted molar refractivity (Wildman–Crippen MR) is 103 cm³/mol. The number of carbonyl (C=O) groups is 1. The highest BCUT2D eigenvalue weighted by molar-refractivity contribution is 6.02. The second-order valence-electron chi connectivity index (χ2n) is 6.37. The van der Waals surface area contributed by atoms with E-state index in [4.69, 9.17) is 9.47 Å². The summed E-state index contributed by atoms with van der Waals surface area (Å²) in [5.74, 6) is 0.805. The molecule has 1 heterocycles. The van der Waals surface area contributed by atoms with Gasteiger partial charge in [0.1, 0.15) is 18.0 Å². The molecule has 26 heavy (non-hydrogen) atoms. The smallest absolute Gasteiger partial charge is 0.258 e. The molecule has 0 radical (unpaired) electrons. The average molecular weight is 354 g/mol. The molecule has 5 heteroatoms. The first kappa shape index (κ1) is 18.3. The van der Waals surface area contributed by atoms with Crippen molar-refractivity contribution in [1.82, 2.24) is 4.90 Å². The van der Waals surface area contributed by atoms with Gasteiger partial charge in [0.25, 0.3) is 5.91 Å². The predicted octanol–water partition coefficient (Wildman–Crippen LogP) is 3.86. The van der Waals surface area contributed by atoms with E-state index >= 15 is 0 Å².